The fourth-order valence-corrected chi connectivity index (χ4v) is 2.03. The standard InChI is InChI=1S/C12H19N5O2/c1-9-13-10(16(2)6-4-3-5-7-18)8-11-14-15-12(19)17(9)11/h8,18H,3-7H2,1-2H3,(H,15,19). The summed E-state index contributed by atoms with van der Waals surface area (Å²) in [5, 5.41) is 15.1. The summed E-state index contributed by atoms with van der Waals surface area (Å²) in [6.45, 7) is 2.88. The van der Waals surface area contributed by atoms with Gasteiger partial charge >= 0.3 is 5.69 Å². The molecule has 7 heteroatoms. The van der Waals surface area contributed by atoms with Gasteiger partial charge in [-0.25, -0.2) is 19.3 Å². The fraction of sp³-hybridized carbons (Fsp3) is 0.583. The summed E-state index contributed by atoms with van der Waals surface area (Å²) in [5.41, 5.74) is 0.312. The van der Waals surface area contributed by atoms with E-state index in [0.717, 1.165) is 31.6 Å². The number of nitrogens with one attached hydrogen (secondary N) is 1. The summed E-state index contributed by atoms with van der Waals surface area (Å²) in [6, 6.07) is 1.79. The van der Waals surface area contributed by atoms with E-state index in [2.05, 4.69) is 15.2 Å². The smallest absolute Gasteiger partial charge is 0.349 e. The Morgan fingerprint density at radius 3 is 2.95 bits per heavy atom. The molecule has 0 aliphatic heterocycles. The number of rotatable bonds is 6. The first-order valence-corrected chi connectivity index (χ1v) is 6.40. The Bertz CT molecular complexity index is 604. The van der Waals surface area contributed by atoms with Crippen LogP contribution in [0.15, 0.2) is 10.9 Å². The number of unbranched alkanes of at least 4 members (excludes halogenated alkanes) is 2. The maximum Gasteiger partial charge on any atom is 0.349 e. The SMILES string of the molecule is Cc1nc(N(C)CCCCCO)cc2n[nH]c(=O)n12. The lowest BCUT2D eigenvalue weighted by Crippen LogP contribution is -2.22. The van der Waals surface area contributed by atoms with Crippen LogP contribution in [0.25, 0.3) is 5.65 Å². The van der Waals surface area contributed by atoms with E-state index in [9.17, 15) is 4.79 Å². The van der Waals surface area contributed by atoms with Crippen LogP contribution < -0.4 is 10.6 Å². The zero-order valence-corrected chi connectivity index (χ0v) is 11.3. The normalized spacial score (nSPS) is 11.1. The molecule has 2 heterocycles. The summed E-state index contributed by atoms with van der Waals surface area (Å²) >= 11 is 0. The highest BCUT2D eigenvalue weighted by molar-refractivity contribution is 5.50. The number of aliphatic hydroxyl groups is 1. The van der Waals surface area contributed by atoms with E-state index in [-0.39, 0.29) is 12.3 Å². The monoisotopic (exact) mass is 265 g/mol. The average Bonchev–Trinajstić information content (AvgIpc) is 2.76. The van der Waals surface area contributed by atoms with Crippen LogP contribution in [0, 0.1) is 6.92 Å². The second-order valence-electron chi connectivity index (χ2n) is 4.59. The van der Waals surface area contributed by atoms with Crippen LogP contribution in [0.5, 0.6) is 0 Å². The molecule has 0 amide bonds. The van der Waals surface area contributed by atoms with Crippen LogP contribution in [0.3, 0.4) is 0 Å². The number of hydrogen-bond donors (Lipinski definition) is 2. The van der Waals surface area contributed by atoms with Gasteiger partial charge in [-0.1, -0.05) is 0 Å². The molecule has 19 heavy (non-hydrogen) atoms. The van der Waals surface area contributed by atoms with E-state index >= 15 is 0 Å². The third kappa shape index (κ3) is 2.93. The lowest BCUT2D eigenvalue weighted by Gasteiger charge is -2.18. The highest BCUT2D eigenvalue weighted by Gasteiger charge is 2.09. The Balaban J connectivity index is 2.14. The van der Waals surface area contributed by atoms with E-state index in [0.29, 0.717) is 11.5 Å². The molecule has 2 aromatic rings. The molecule has 2 aromatic heterocycles. The second-order valence-corrected chi connectivity index (χ2v) is 4.59. The van der Waals surface area contributed by atoms with Gasteiger partial charge in [0.2, 0.25) is 0 Å². The molecule has 0 saturated heterocycles. The highest BCUT2D eigenvalue weighted by Crippen LogP contribution is 2.13. The molecule has 104 valence electrons. The highest BCUT2D eigenvalue weighted by atomic mass is 16.2. The molecule has 0 radical (unpaired) electrons. The predicted molar refractivity (Wildman–Crippen MR) is 72.6 cm³/mol. The minimum Gasteiger partial charge on any atom is -0.396 e. The lowest BCUT2D eigenvalue weighted by molar-refractivity contribution is 0.283. The van der Waals surface area contributed by atoms with E-state index in [1.165, 1.54) is 4.40 Å². The van der Waals surface area contributed by atoms with Crippen molar-refractivity contribution >= 4 is 11.5 Å². The van der Waals surface area contributed by atoms with E-state index in [1.807, 2.05) is 11.9 Å². The van der Waals surface area contributed by atoms with Crippen molar-refractivity contribution in [3.05, 3.63) is 22.4 Å². The van der Waals surface area contributed by atoms with Crippen molar-refractivity contribution in [1.82, 2.24) is 19.6 Å². The molecule has 0 fully saturated rings. The van der Waals surface area contributed by atoms with Gasteiger partial charge in [0.25, 0.3) is 0 Å². The molecule has 0 aromatic carbocycles. The summed E-state index contributed by atoms with van der Waals surface area (Å²) in [5.74, 6) is 1.42. The van der Waals surface area contributed by atoms with Crippen molar-refractivity contribution in [3.63, 3.8) is 0 Å². The maximum absolute atomic E-state index is 11.5. The van der Waals surface area contributed by atoms with Gasteiger partial charge in [0.1, 0.15) is 11.6 Å². The summed E-state index contributed by atoms with van der Waals surface area (Å²) in [4.78, 5) is 17.9. The topological polar surface area (TPSA) is 86.5 Å². The lowest BCUT2D eigenvalue weighted by atomic mass is 10.2. The van der Waals surface area contributed by atoms with Crippen molar-refractivity contribution < 1.29 is 5.11 Å². The number of aromatic nitrogens is 4. The summed E-state index contributed by atoms with van der Waals surface area (Å²) in [6.07, 6.45) is 2.81. The van der Waals surface area contributed by atoms with Gasteiger partial charge in [-0.15, -0.1) is 0 Å². The molecule has 2 rings (SSSR count). The Hall–Kier alpha value is -1.89. The second kappa shape index (κ2) is 5.83. The van der Waals surface area contributed by atoms with Crippen LogP contribution >= 0.6 is 0 Å². The number of aryl methyl sites for hydroxylation is 1. The molecule has 0 bridgehead atoms. The molecule has 0 spiro atoms. The minimum absolute atomic E-state index is 0.239. The molecule has 0 unspecified atom stereocenters. The Morgan fingerprint density at radius 1 is 1.42 bits per heavy atom. The van der Waals surface area contributed by atoms with Crippen molar-refractivity contribution in [2.75, 3.05) is 25.1 Å². The van der Waals surface area contributed by atoms with Gasteiger partial charge in [-0.3, -0.25) is 0 Å². The molecule has 7 nitrogen and oxygen atoms in total. The van der Waals surface area contributed by atoms with E-state index in [4.69, 9.17) is 5.11 Å². The van der Waals surface area contributed by atoms with Crippen molar-refractivity contribution in [2.24, 2.45) is 0 Å². The van der Waals surface area contributed by atoms with Crippen LogP contribution in [-0.4, -0.2) is 44.9 Å². The van der Waals surface area contributed by atoms with Crippen molar-refractivity contribution in [1.29, 1.82) is 0 Å². The van der Waals surface area contributed by atoms with Crippen LogP contribution in [0.4, 0.5) is 5.82 Å². The average molecular weight is 265 g/mol. The van der Waals surface area contributed by atoms with Crippen LogP contribution in [-0.2, 0) is 0 Å². The number of aromatic amines is 1. The zero-order chi connectivity index (χ0) is 13.8. The van der Waals surface area contributed by atoms with E-state index in [1.54, 1.807) is 13.0 Å². The molecular weight excluding hydrogens is 246 g/mol. The first kappa shape index (κ1) is 13.5. The number of aliphatic hydroxyl groups excluding tert-OH is 1. The number of nitrogens with zero attached hydrogens (tertiary/aromatic N) is 4. The number of anilines is 1. The summed E-state index contributed by atoms with van der Waals surface area (Å²) < 4.78 is 1.45. The predicted octanol–water partition coefficient (Wildman–Crippen LogP) is 0.325. The molecule has 0 atom stereocenters. The Morgan fingerprint density at radius 2 is 2.21 bits per heavy atom. The van der Waals surface area contributed by atoms with Gasteiger partial charge in [-0.2, -0.15) is 5.10 Å². The zero-order valence-electron chi connectivity index (χ0n) is 11.3. The van der Waals surface area contributed by atoms with Crippen LogP contribution in [0.1, 0.15) is 25.1 Å². The maximum atomic E-state index is 11.5. The van der Waals surface area contributed by atoms with Gasteiger partial charge < -0.3 is 10.0 Å². The quantitative estimate of drug-likeness (QED) is 0.735. The number of fused-ring (bicyclic) bond motifs is 1. The van der Waals surface area contributed by atoms with Gasteiger partial charge in [0.05, 0.1) is 0 Å². The molecule has 2 N–H and O–H groups in total. The van der Waals surface area contributed by atoms with Crippen molar-refractivity contribution in [3.8, 4) is 0 Å². The molecule has 0 aliphatic carbocycles. The van der Waals surface area contributed by atoms with Crippen LogP contribution in [0.2, 0.25) is 0 Å². The van der Waals surface area contributed by atoms with Gasteiger partial charge in [0, 0.05) is 26.3 Å². The Labute approximate surface area is 110 Å². The largest absolute Gasteiger partial charge is 0.396 e. The molecule has 0 aliphatic rings. The third-order valence-electron chi connectivity index (χ3n) is 3.10. The molecular formula is C12H19N5O2. The number of H-pyrrole nitrogens is 1. The van der Waals surface area contributed by atoms with Gasteiger partial charge in [-0.05, 0) is 26.2 Å². The third-order valence-corrected chi connectivity index (χ3v) is 3.10. The first-order chi connectivity index (χ1) is 9.13. The first-order valence-electron chi connectivity index (χ1n) is 6.40. The van der Waals surface area contributed by atoms with Gasteiger partial charge in [0.15, 0.2) is 5.65 Å². The number of hydrogen-bond acceptors (Lipinski definition) is 5. The fourth-order valence-electron chi connectivity index (χ4n) is 2.03. The Kier molecular flexibility index (Phi) is 4.16. The minimum atomic E-state index is -0.267. The molecule has 0 saturated carbocycles. The van der Waals surface area contributed by atoms with Crippen molar-refractivity contribution in [2.45, 2.75) is 26.2 Å². The van der Waals surface area contributed by atoms with E-state index < -0.39 is 0 Å². The summed E-state index contributed by atoms with van der Waals surface area (Å²) in [7, 11) is 1.96.